The van der Waals surface area contributed by atoms with E-state index < -0.39 is 22.8 Å². The fraction of sp³-hybridized carbons (Fsp3) is 0.286. The highest BCUT2D eigenvalue weighted by Gasteiger charge is 2.25. The molecule has 2 fully saturated rings. The van der Waals surface area contributed by atoms with E-state index in [9.17, 15) is 14.7 Å². The molecule has 6 rings (SSSR count). The van der Waals surface area contributed by atoms with Crippen molar-refractivity contribution in [3.8, 4) is 5.69 Å². The van der Waals surface area contributed by atoms with Crippen LogP contribution in [0.25, 0.3) is 16.7 Å². The Balaban J connectivity index is 1.41. The molecule has 0 bridgehead atoms. The van der Waals surface area contributed by atoms with E-state index in [1.54, 1.807) is 10.8 Å². The normalized spacial score (nSPS) is 16.1. The van der Waals surface area contributed by atoms with Crippen molar-refractivity contribution in [3.05, 3.63) is 82.5 Å². The molecule has 0 saturated carbocycles. The van der Waals surface area contributed by atoms with Crippen LogP contribution in [0.3, 0.4) is 0 Å². The number of anilines is 3. The van der Waals surface area contributed by atoms with Crippen molar-refractivity contribution in [2.24, 2.45) is 0 Å². The monoisotopic (exact) mass is 530 g/mol. The summed E-state index contributed by atoms with van der Waals surface area (Å²) in [6.07, 6.45) is 3.02. The number of pyridine rings is 3. The summed E-state index contributed by atoms with van der Waals surface area (Å²) in [6.45, 7) is 4.97. The van der Waals surface area contributed by atoms with Gasteiger partial charge in [-0.2, -0.15) is 0 Å². The number of carboxylic acid groups (broad SMARTS) is 1. The zero-order valence-corrected chi connectivity index (χ0v) is 21.2. The number of carboxylic acids is 1. The zero-order chi connectivity index (χ0) is 26.9. The van der Waals surface area contributed by atoms with Gasteiger partial charge in [0.05, 0.1) is 18.6 Å². The second kappa shape index (κ2) is 10.3. The van der Waals surface area contributed by atoms with E-state index in [0.717, 1.165) is 30.7 Å². The highest BCUT2D eigenvalue weighted by Crippen LogP contribution is 2.27. The van der Waals surface area contributed by atoms with E-state index in [-0.39, 0.29) is 16.9 Å². The lowest BCUT2D eigenvalue weighted by Gasteiger charge is -2.36. The molecule has 39 heavy (non-hydrogen) atoms. The number of rotatable bonds is 5. The maximum atomic E-state index is 15.4. The molecule has 2 aliphatic rings. The summed E-state index contributed by atoms with van der Waals surface area (Å²) in [7, 11) is 0. The number of hydrogen-bond acceptors (Lipinski definition) is 8. The quantitative estimate of drug-likeness (QED) is 0.417. The summed E-state index contributed by atoms with van der Waals surface area (Å²) in [5.74, 6) is -1.06. The molecule has 11 heteroatoms. The van der Waals surface area contributed by atoms with Gasteiger partial charge in [-0.05, 0) is 36.4 Å². The van der Waals surface area contributed by atoms with Crippen LogP contribution >= 0.6 is 0 Å². The molecule has 5 heterocycles. The molecule has 0 spiro atoms. The summed E-state index contributed by atoms with van der Waals surface area (Å²) < 4.78 is 22.5. The van der Waals surface area contributed by atoms with Crippen LogP contribution in [-0.2, 0) is 4.74 Å². The topological polar surface area (TPSA) is 104 Å². The van der Waals surface area contributed by atoms with Crippen LogP contribution in [-0.4, -0.2) is 78.1 Å². The van der Waals surface area contributed by atoms with Crippen LogP contribution in [0.1, 0.15) is 10.4 Å². The number of hydrogen-bond donors (Lipinski definition) is 1. The predicted octanol–water partition coefficient (Wildman–Crippen LogP) is 2.78. The van der Waals surface area contributed by atoms with Crippen molar-refractivity contribution in [3.63, 3.8) is 0 Å². The van der Waals surface area contributed by atoms with Gasteiger partial charge in [-0.15, -0.1) is 0 Å². The first kappa shape index (κ1) is 24.8. The molecule has 0 amide bonds. The average Bonchev–Trinajstić information content (AvgIpc) is 2.98. The van der Waals surface area contributed by atoms with E-state index in [1.807, 2.05) is 47.4 Å². The van der Waals surface area contributed by atoms with Gasteiger partial charge in [-0.25, -0.2) is 19.2 Å². The third kappa shape index (κ3) is 4.76. The number of ether oxygens (including phenoxy) is 1. The summed E-state index contributed by atoms with van der Waals surface area (Å²) in [5, 5.41) is 9.65. The number of carbonyl (C=O) groups is 1. The molecule has 10 nitrogen and oxygen atoms in total. The Hall–Kier alpha value is -4.51. The highest BCUT2D eigenvalue weighted by molar-refractivity contribution is 5.92. The van der Waals surface area contributed by atoms with Gasteiger partial charge in [0.25, 0.3) is 0 Å². The van der Waals surface area contributed by atoms with Crippen LogP contribution in [0.15, 0.2) is 65.7 Å². The molecule has 200 valence electrons. The molecule has 1 aromatic carbocycles. The fourth-order valence-electron chi connectivity index (χ4n) is 5.13. The van der Waals surface area contributed by atoms with E-state index in [4.69, 9.17) is 4.74 Å². The number of piperazine rings is 1. The zero-order valence-electron chi connectivity index (χ0n) is 21.2. The molecule has 2 saturated heterocycles. The Kier molecular flexibility index (Phi) is 6.57. The van der Waals surface area contributed by atoms with E-state index in [1.165, 1.54) is 6.20 Å². The molecular weight excluding hydrogens is 503 g/mol. The number of benzene rings is 1. The molecule has 4 aromatic rings. The number of aromatic nitrogens is 3. The third-order valence-electron chi connectivity index (χ3n) is 7.18. The van der Waals surface area contributed by atoms with Crippen molar-refractivity contribution in [2.75, 3.05) is 67.2 Å². The standard InChI is InChI=1S/C28H27FN6O4/c29-23-17-21-25(36)22(28(37)38)18-35(20-5-3-4-19(16-20)32-12-14-39-15-13-32)26(21)31-27(23)34-10-8-33(9-11-34)24-6-1-2-7-30-24/h1-7,16-18H,8-15H2,(H,37,38). The maximum Gasteiger partial charge on any atom is 0.341 e. The SMILES string of the molecule is O=C(O)c1cn(-c2cccc(N3CCOCC3)c2)c2nc(N3CCN(c4ccccn4)CC3)c(F)cc2c1=O. The van der Waals surface area contributed by atoms with Gasteiger partial charge in [0.1, 0.15) is 11.4 Å². The van der Waals surface area contributed by atoms with Crippen LogP contribution in [0.2, 0.25) is 0 Å². The third-order valence-corrected chi connectivity index (χ3v) is 7.18. The van der Waals surface area contributed by atoms with Gasteiger partial charge in [0.15, 0.2) is 17.3 Å². The molecule has 0 atom stereocenters. The van der Waals surface area contributed by atoms with Gasteiger partial charge in [-0.1, -0.05) is 12.1 Å². The van der Waals surface area contributed by atoms with Crippen LogP contribution in [0.5, 0.6) is 0 Å². The molecule has 2 aliphatic heterocycles. The van der Waals surface area contributed by atoms with Crippen LogP contribution in [0.4, 0.5) is 21.7 Å². The van der Waals surface area contributed by atoms with Crippen molar-refractivity contribution in [1.29, 1.82) is 0 Å². The molecule has 3 aromatic heterocycles. The van der Waals surface area contributed by atoms with Crippen LogP contribution < -0.4 is 20.1 Å². The van der Waals surface area contributed by atoms with Crippen LogP contribution in [0, 0.1) is 5.82 Å². The second-order valence-corrected chi connectivity index (χ2v) is 9.49. The minimum absolute atomic E-state index is 0.0833. The number of morpholine rings is 1. The average molecular weight is 531 g/mol. The summed E-state index contributed by atoms with van der Waals surface area (Å²) in [6, 6.07) is 14.4. The molecule has 0 aliphatic carbocycles. The van der Waals surface area contributed by atoms with Gasteiger partial charge < -0.3 is 29.1 Å². The number of nitrogens with zero attached hydrogens (tertiary/aromatic N) is 6. The second-order valence-electron chi connectivity index (χ2n) is 9.49. The number of aromatic carboxylic acids is 1. The number of halogens is 1. The largest absolute Gasteiger partial charge is 0.477 e. The Morgan fingerprint density at radius 2 is 1.64 bits per heavy atom. The number of fused-ring (bicyclic) bond motifs is 1. The summed E-state index contributed by atoms with van der Waals surface area (Å²) in [5.41, 5.74) is 0.546. The first-order valence-electron chi connectivity index (χ1n) is 12.8. The summed E-state index contributed by atoms with van der Waals surface area (Å²) >= 11 is 0. The van der Waals surface area contributed by atoms with Crippen molar-refractivity contribution in [2.45, 2.75) is 0 Å². The Morgan fingerprint density at radius 1 is 0.897 bits per heavy atom. The maximum absolute atomic E-state index is 15.4. The lowest BCUT2D eigenvalue weighted by Crippen LogP contribution is -2.47. The Labute approximate surface area is 223 Å². The van der Waals surface area contributed by atoms with Gasteiger partial charge >= 0.3 is 5.97 Å². The smallest absolute Gasteiger partial charge is 0.341 e. The van der Waals surface area contributed by atoms with Gasteiger partial charge in [0.2, 0.25) is 5.43 Å². The molecule has 0 unspecified atom stereocenters. The molecule has 0 radical (unpaired) electrons. The van der Waals surface area contributed by atoms with Crippen molar-refractivity contribution in [1.82, 2.24) is 14.5 Å². The Bertz CT molecular complexity index is 1580. The van der Waals surface area contributed by atoms with E-state index in [2.05, 4.69) is 19.8 Å². The minimum Gasteiger partial charge on any atom is -0.477 e. The summed E-state index contributed by atoms with van der Waals surface area (Å²) in [4.78, 5) is 40.2. The van der Waals surface area contributed by atoms with E-state index >= 15 is 4.39 Å². The fourth-order valence-corrected chi connectivity index (χ4v) is 5.13. The first-order valence-corrected chi connectivity index (χ1v) is 12.8. The minimum atomic E-state index is -1.38. The van der Waals surface area contributed by atoms with Gasteiger partial charge in [0, 0.05) is 63.0 Å². The Morgan fingerprint density at radius 3 is 2.36 bits per heavy atom. The molecule has 1 N–H and O–H groups in total. The van der Waals surface area contributed by atoms with Crippen molar-refractivity contribution >= 4 is 34.3 Å². The highest BCUT2D eigenvalue weighted by atomic mass is 19.1. The lowest BCUT2D eigenvalue weighted by atomic mass is 10.1. The lowest BCUT2D eigenvalue weighted by molar-refractivity contribution is 0.0695. The predicted molar refractivity (Wildman–Crippen MR) is 146 cm³/mol. The molecular formula is C28H27FN6O4. The van der Waals surface area contributed by atoms with E-state index in [0.29, 0.717) is 45.1 Å². The van der Waals surface area contributed by atoms with Crippen molar-refractivity contribution < 1.29 is 19.0 Å². The van der Waals surface area contributed by atoms with Gasteiger partial charge in [-0.3, -0.25) is 4.79 Å². The first-order chi connectivity index (χ1) is 19.0.